The van der Waals surface area contributed by atoms with Gasteiger partial charge in [-0.3, -0.25) is 0 Å². The molecule has 0 radical (unpaired) electrons. The molecule has 0 fully saturated rings. The number of hydrogen-bond donors (Lipinski definition) is 2. The predicted octanol–water partition coefficient (Wildman–Crippen LogP) is 2.86. The topological polar surface area (TPSA) is 24.1 Å². The molecule has 0 saturated carbocycles. The van der Waals surface area contributed by atoms with Crippen molar-refractivity contribution >= 4 is 57.2 Å². The van der Waals surface area contributed by atoms with Crippen LogP contribution in [0.15, 0.2) is 18.2 Å². The number of hydrogen-bond acceptors (Lipinski definition) is 1. The maximum Gasteiger partial charge on any atom is 0.170 e. The SMILES string of the molecule is CNC(=S)Nc1cc(I)ccc1Cl. The van der Waals surface area contributed by atoms with E-state index in [-0.39, 0.29) is 0 Å². The maximum atomic E-state index is 5.94. The van der Waals surface area contributed by atoms with Gasteiger partial charge in [0.15, 0.2) is 5.11 Å². The highest BCUT2D eigenvalue weighted by Crippen LogP contribution is 2.23. The summed E-state index contributed by atoms with van der Waals surface area (Å²) in [4.78, 5) is 0. The van der Waals surface area contributed by atoms with E-state index in [2.05, 4.69) is 33.2 Å². The average Bonchev–Trinajstić information content (AvgIpc) is 2.11. The lowest BCUT2D eigenvalue weighted by atomic mass is 10.3. The van der Waals surface area contributed by atoms with Crippen molar-refractivity contribution in [2.24, 2.45) is 0 Å². The fraction of sp³-hybridized carbons (Fsp3) is 0.125. The van der Waals surface area contributed by atoms with Crippen molar-refractivity contribution in [2.45, 2.75) is 0 Å². The van der Waals surface area contributed by atoms with Crippen molar-refractivity contribution in [3.05, 3.63) is 26.8 Å². The standard InChI is InChI=1S/C8H8ClIN2S/c1-11-8(13)12-7-4-5(10)2-3-6(7)9/h2-4H,1H3,(H2,11,12,13). The molecule has 13 heavy (non-hydrogen) atoms. The lowest BCUT2D eigenvalue weighted by Gasteiger charge is -2.08. The Kier molecular flexibility index (Phi) is 4.21. The van der Waals surface area contributed by atoms with E-state index in [1.807, 2.05) is 18.2 Å². The number of rotatable bonds is 1. The van der Waals surface area contributed by atoms with E-state index in [0.29, 0.717) is 10.1 Å². The molecule has 0 bridgehead atoms. The summed E-state index contributed by atoms with van der Waals surface area (Å²) in [6.45, 7) is 0. The third-order valence-corrected chi connectivity index (χ3v) is 2.71. The van der Waals surface area contributed by atoms with Crippen LogP contribution in [0, 0.1) is 3.57 Å². The van der Waals surface area contributed by atoms with Crippen LogP contribution in [0.25, 0.3) is 0 Å². The van der Waals surface area contributed by atoms with Gasteiger partial charge >= 0.3 is 0 Å². The monoisotopic (exact) mass is 326 g/mol. The Labute approximate surface area is 101 Å². The summed E-state index contributed by atoms with van der Waals surface area (Å²) >= 11 is 13.1. The molecule has 0 aliphatic heterocycles. The van der Waals surface area contributed by atoms with Gasteiger partial charge in [0.2, 0.25) is 0 Å². The molecule has 0 saturated heterocycles. The highest BCUT2D eigenvalue weighted by Gasteiger charge is 2.01. The summed E-state index contributed by atoms with van der Waals surface area (Å²) in [5.41, 5.74) is 0.827. The Hall–Kier alpha value is -0.0700. The van der Waals surface area contributed by atoms with Crippen molar-refractivity contribution in [2.75, 3.05) is 12.4 Å². The number of anilines is 1. The van der Waals surface area contributed by atoms with Crippen LogP contribution in [0.3, 0.4) is 0 Å². The fourth-order valence-electron chi connectivity index (χ4n) is 0.778. The van der Waals surface area contributed by atoms with Crippen LogP contribution in [-0.4, -0.2) is 12.2 Å². The first-order valence-corrected chi connectivity index (χ1v) is 5.44. The van der Waals surface area contributed by atoms with Gasteiger partial charge in [0, 0.05) is 10.6 Å². The first-order valence-electron chi connectivity index (χ1n) is 3.57. The third kappa shape index (κ3) is 3.28. The van der Waals surface area contributed by atoms with Crippen LogP contribution in [-0.2, 0) is 0 Å². The molecule has 0 amide bonds. The van der Waals surface area contributed by atoms with Crippen molar-refractivity contribution in [3.63, 3.8) is 0 Å². The quantitative estimate of drug-likeness (QED) is 0.613. The number of benzene rings is 1. The highest BCUT2D eigenvalue weighted by molar-refractivity contribution is 14.1. The molecule has 0 spiro atoms. The van der Waals surface area contributed by atoms with E-state index >= 15 is 0 Å². The predicted molar refractivity (Wildman–Crippen MR) is 69.4 cm³/mol. The Morgan fingerprint density at radius 3 is 2.85 bits per heavy atom. The van der Waals surface area contributed by atoms with Gasteiger partial charge < -0.3 is 10.6 Å². The molecule has 0 atom stereocenters. The molecule has 0 aliphatic carbocycles. The smallest absolute Gasteiger partial charge is 0.170 e. The number of nitrogens with one attached hydrogen (secondary N) is 2. The number of halogens is 2. The molecule has 2 nitrogen and oxygen atoms in total. The molecule has 70 valence electrons. The van der Waals surface area contributed by atoms with Crippen LogP contribution in [0.1, 0.15) is 0 Å². The van der Waals surface area contributed by atoms with Crippen LogP contribution < -0.4 is 10.6 Å². The van der Waals surface area contributed by atoms with Gasteiger partial charge in [-0.1, -0.05) is 11.6 Å². The molecular weight excluding hydrogens is 319 g/mol. The summed E-state index contributed by atoms with van der Waals surface area (Å²) in [5.74, 6) is 0. The van der Waals surface area contributed by atoms with E-state index < -0.39 is 0 Å². The van der Waals surface area contributed by atoms with E-state index in [1.165, 1.54) is 0 Å². The summed E-state index contributed by atoms with van der Waals surface area (Å²) in [6.07, 6.45) is 0. The van der Waals surface area contributed by atoms with Gasteiger partial charge in [-0.25, -0.2) is 0 Å². The Bertz CT molecular complexity index is 330. The molecular formula is C8H8ClIN2S. The zero-order chi connectivity index (χ0) is 9.84. The van der Waals surface area contributed by atoms with Gasteiger partial charge in [-0.2, -0.15) is 0 Å². The molecule has 1 rings (SSSR count). The minimum Gasteiger partial charge on any atom is -0.366 e. The van der Waals surface area contributed by atoms with E-state index in [4.69, 9.17) is 23.8 Å². The largest absolute Gasteiger partial charge is 0.366 e. The molecule has 1 aromatic carbocycles. The highest BCUT2D eigenvalue weighted by atomic mass is 127. The van der Waals surface area contributed by atoms with Crippen LogP contribution in [0.5, 0.6) is 0 Å². The van der Waals surface area contributed by atoms with Crippen molar-refractivity contribution in [1.29, 1.82) is 0 Å². The first kappa shape index (κ1) is 11.0. The summed E-state index contributed by atoms with van der Waals surface area (Å²) in [6, 6.07) is 5.72. The van der Waals surface area contributed by atoms with Crippen LogP contribution in [0.4, 0.5) is 5.69 Å². The van der Waals surface area contributed by atoms with Gasteiger partial charge in [0.05, 0.1) is 10.7 Å². The van der Waals surface area contributed by atoms with Crippen molar-refractivity contribution in [1.82, 2.24) is 5.32 Å². The zero-order valence-electron chi connectivity index (χ0n) is 6.90. The molecule has 0 aromatic heterocycles. The minimum atomic E-state index is 0.559. The van der Waals surface area contributed by atoms with E-state index in [0.717, 1.165) is 9.26 Å². The molecule has 0 unspecified atom stereocenters. The lowest BCUT2D eigenvalue weighted by molar-refractivity contribution is 1.20. The Morgan fingerprint density at radius 2 is 2.23 bits per heavy atom. The van der Waals surface area contributed by atoms with Gasteiger partial charge in [0.1, 0.15) is 0 Å². The second kappa shape index (κ2) is 4.97. The molecule has 2 N–H and O–H groups in total. The normalized spacial score (nSPS) is 9.46. The first-order chi connectivity index (χ1) is 6.13. The second-order valence-electron chi connectivity index (χ2n) is 2.33. The average molecular weight is 327 g/mol. The summed E-state index contributed by atoms with van der Waals surface area (Å²) in [5, 5.41) is 7.03. The Morgan fingerprint density at radius 1 is 1.54 bits per heavy atom. The molecule has 1 aromatic rings. The second-order valence-corrected chi connectivity index (χ2v) is 4.39. The summed E-state index contributed by atoms with van der Waals surface area (Å²) < 4.78 is 1.11. The molecule has 0 aliphatic rings. The van der Waals surface area contributed by atoms with Crippen LogP contribution in [0.2, 0.25) is 5.02 Å². The Balaban J connectivity index is 2.87. The van der Waals surface area contributed by atoms with Crippen molar-refractivity contribution in [3.8, 4) is 0 Å². The zero-order valence-corrected chi connectivity index (χ0v) is 10.6. The van der Waals surface area contributed by atoms with E-state index in [1.54, 1.807) is 7.05 Å². The van der Waals surface area contributed by atoms with Gasteiger partial charge in [-0.05, 0) is 53.0 Å². The maximum absolute atomic E-state index is 5.94. The van der Waals surface area contributed by atoms with Crippen molar-refractivity contribution < 1.29 is 0 Å². The van der Waals surface area contributed by atoms with Gasteiger partial charge in [-0.15, -0.1) is 0 Å². The minimum absolute atomic E-state index is 0.559. The fourth-order valence-corrected chi connectivity index (χ4v) is 1.54. The van der Waals surface area contributed by atoms with Crippen LogP contribution >= 0.6 is 46.4 Å². The van der Waals surface area contributed by atoms with Gasteiger partial charge in [0.25, 0.3) is 0 Å². The molecule has 5 heteroatoms. The summed E-state index contributed by atoms with van der Waals surface area (Å²) in [7, 11) is 1.76. The third-order valence-electron chi connectivity index (χ3n) is 1.40. The lowest BCUT2D eigenvalue weighted by Crippen LogP contribution is -2.24. The number of thiocarbonyl (C=S) groups is 1. The molecule has 0 heterocycles. The van der Waals surface area contributed by atoms with E-state index in [9.17, 15) is 0 Å².